The zero-order valence-corrected chi connectivity index (χ0v) is 14.3. The predicted molar refractivity (Wildman–Crippen MR) is 92.0 cm³/mol. The highest BCUT2D eigenvalue weighted by Gasteiger charge is 2.43. The fourth-order valence-electron chi connectivity index (χ4n) is 4.42. The number of nitrogens with one attached hydrogen (secondary N) is 1. The van der Waals surface area contributed by atoms with Crippen molar-refractivity contribution in [2.75, 3.05) is 44.8 Å². The second-order valence-corrected chi connectivity index (χ2v) is 7.51. The van der Waals surface area contributed by atoms with Crippen LogP contribution in [0.3, 0.4) is 0 Å². The molecule has 4 heterocycles. The van der Waals surface area contributed by atoms with Crippen molar-refractivity contribution in [1.82, 2.24) is 14.9 Å². The zero-order valence-electron chi connectivity index (χ0n) is 14.3. The Kier molecular flexibility index (Phi) is 4.96. The smallest absolute Gasteiger partial charge is 0.222 e. The number of aromatic nitrogens is 2. The third-order valence-corrected chi connectivity index (χ3v) is 5.58. The zero-order chi connectivity index (χ0) is 16.2. The second-order valence-electron chi connectivity index (χ2n) is 7.51. The number of nitrogens with zero attached hydrogens (tertiary/aromatic N) is 3. The average Bonchev–Trinajstić information content (AvgIpc) is 2.98. The van der Waals surface area contributed by atoms with Crippen LogP contribution < -0.4 is 5.32 Å². The van der Waals surface area contributed by atoms with Crippen LogP contribution in [0.2, 0.25) is 0 Å². The van der Waals surface area contributed by atoms with Gasteiger partial charge in [-0.05, 0) is 44.2 Å². The minimum Gasteiger partial charge on any atom is -0.381 e. The Balaban J connectivity index is 1.31. The molecular formula is C18H28N4O2. The van der Waals surface area contributed by atoms with Crippen LogP contribution in [-0.2, 0) is 9.47 Å². The van der Waals surface area contributed by atoms with E-state index in [1.54, 1.807) is 12.4 Å². The summed E-state index contributed by atoms with van der Waals surface area (Å²) in [5, 5.41) is 3.43. The van der Waals surface area contributed by atoms with Crippen molar-refractivity contribution < 1.29 is 9.47 Å². The lowest BCUT2D eigenvalue weighted by atomic mass is 9.87. The first-order valence-electron chi connectivity index (χ1n) is 9.29. The Hall–Kier alpha value is -1.24. The molecule has 6 heteroatoms. The minimum atomic E-state index is 0.0237. The number of rotatable bonds is 4. The molecule has 24 heavy (non-hydrogen) atoms. The van der Waals surface area contributed by atoms with Crippen molar-refractivity contribution >= 4 is 5.95 Å². The van der Waals surface area contributed by atoms with E-state index in [1.165, 1.54) is 38.8 Å². The molecule has 2 atom stereocenters. The van der Waals surface area contributed by atoms with E-state index in [9.17, 15) is 0 Å². The van der Waals surface area contributed by atoms with Crippen molar-refractivity contribution in [3.63, 3.8) is 0 Å². The molecule has 0 bridgehead atoms. The maximum atomic E-state index is 6.30. The molecule has 3 aliphatic heterocycles. The lowest BCUT2D eigenvalue weighted by Gasteiger charge is -2.41. The van der Waals surface area contributed by atoms with Crippen LogP contribution in [0.4, 0.5) is 5.95 Å². The molecule has 0 unspecified atom stereocenters. The molecule has 3 fully saturated rings. The molecule has 0 amide bonds. The Morgan fingerprint density at radius 2 is 2.08 bits per heavy atom. The van der Waals surface area contributed by atoms with Gasteiger partial charge in [0.15, 0.2) is 0 Å². The molecule has 6 nitrogen and oxygen atoms in total. The van der Waals surface area contributed by atoms with Crippen LogP contribution in [0, 0.1) is 5.92 Å². The monoisotopic (exact) mass is 332 g/mol. The summed E-state index contributed by atoms with van der Waals surface area (Å²) in [5.74, 6) is 1.50. The standard InChI is InChI=1S/C18H28N4O2/c1-5-18(14-22(8-1)12-15-3-9-23-10-4-15)11-16(13-24-18)21-17-19-6-2-7-20-17/h2,6-7,15-16H,1,3-5,8-14H2,(H,19,20,21)/t16-,18+/m1/s1. The number of anilines is 1. The lowest BCUT2D eigenvalue weighted by molar-refractivity contribution is -0.0580. The molecular weight excluding hydrogens is 304 g/mol. The van der Waals surface area contributed by atoms with Crippen molar-refractivity contribution in [3.05, 3.63) is 18.5 Å². The Labute approximate surface area is 143 Å². The van der Waals surface area contributed by atoms with Gasteiger partial charge < -0.3 is 19.7 Å². The van der Waals surface area contributed by atoms with Crippen LogP contribution in [-0.4, -0.2) is 66.0 Å². The summed E-state index contributed by atoms with van der Waals surface area (Å²) in [5.41, 5.74) is 0.0237. The molecule has 3 saturated heterocycles. The van der Waals surface area contributed by atoms with Crippen molar-refractivity contribution in [3.8, 4) is 0 Å². The summed E-state index contributed by atoms with van der Waals surface area (Å²) in [7, 11) is 0. The first-order chi connectivity index (χ1) is 11.8. The average molecular weight is 332 g/mol. The minimum absolute atomic E-state index is 0.0237. The van der Waals surface area contributed by atoms with Crippen molar-refractivity contribution in [1.29, 1.82) is 0 Å². The SMILES string of the molecule is c1cnc(N[C@H]2CO[C@@]3(CCCN(CC4CCOCC4)C3)C2)nc1. The summed E-state index contributed by atoms with van der Waals surface area (Å²) in [6, 6.07) is 2.16. The maximum absolute atomic E-state index is 6.30. The van der Waals surface area contributed by atoms with Gasteiger partial charge in [-0.3, -0.25) is 0 Å². The van der Waals surface area contributed by atoms with Gasteiger partial charge in [0.25, 0.3) is 0 Å². The first kappa shape index (κ1) is 16.2. The predicted octanol–water partition coefficient (Wildman–Crippen LogP) is 1.94. The number of piperidine rings is 1. The fraction of sp³-hybridized carbons (Fsp3) is 0.778. The van der Waals surface area contributed by atoms with E-state index in [0.29, 0.717) is 12.0 Å². The summed E-state index contributed by atoms with van der Waals surface area (Å²) >= 11 is 0. The largest absolute Gasteiger partial charge is 0.381 e. The molecule has 0 saturated carbocycles. The summed E-state index contributed by atoms with van der Waals surface area (Å²) in [6.07, 6.45) is 9.42. The number of ether oxygens (including phenoxy) is 2. The summed E-state index contributed by atoms with van der Waals surface area (Å²) in [6.45, 7) is 6.10. The van der Waals surface area contributed by atoms with Crippen LogP contribution >= 0.6 is 0 Å². The van der Waals surface area contributed by atoms with Gasteiger partial charge >= 0.3 is 0 Å². The molecule has 0 aromatic carbocycles. The number of hydrogen-bond acceptors (Lipinski definition) is 6. The number of hydrogen-bond donors (Lipinski definition) is 1. The third kappa shape index (κ3) is 3.87. The second kappa shape index (κ2) is 7.33. The van der Waals surface area contributed by atoms with E-state index in [4.69, 9.17) is 9.47 Å². The van der Waals surface area contributed by atoms with Crippen molar-refractivity contribution in [2.45, 2.75) is 43.7 Å². The Morgan fingerprint density at radius 1 is 1.25 bits per heavy atom. The van der Waals surface area contributed by atoms with Crippen LogP contribution in [0.25, 0.3) is 0 Å². The van der Waals surface area contributed by atoms with Crippen LogP contribution in [0.1, 0.15) is 32.1 Å². The Bertz CT molecular complexity index is 523. The van der Waals surface area contributed by atoms with Gasteiger partial charge in [0, 0.05) is 45.1 Å². The highest BCUT2D eigenvalue weighted by Crippen LogP contribution is 2.36. The van der Waals surface area contributed by atoms with Gasteiger partial charge in [0.2, 0.25) is 5.95 Å². The van der Waals surface area contributed by atoms with Gasteiger partial charge in [-0.1, -0.05) is 0 Å². The quantitative estimate of drug-likeness (QED) is 0.909. The molecule has 0 radical (unpaired) electrons. The normalized spacial score (nSPS) is 32.2. The molecule has 4 rings (SSSR count). The third-order valence-electron chi connectivity index (χ3n) is 5.58. The molecule has 0 aliphatic carbocycles. The van der Waals surface area contributed by atoms with Gasteiger partial charge in [-0.25, -0.2) is 9.97 Å². The first-order valence-corrected chi connectivity index (χ1v) is 9.29. The van der Waals surface area contributed by atoms with Crippen LogP contribution in [0.15, 0.2) is 18.5 Å². The van der Waals surface area contributed by atoms with Gasteiger partial charge in [-0.2, -0.15) is 0 Å². The van der Waals surface area contributed by atoms with Gasteiger partial charge in [0.1, 0.15) is 0 Å². The van der Waals surface area contributed by atoms with Crippen molar-refractivity contribution in [2.24, 2.45) is 5.92 Å². The number of likely N-dealkylation sites (tertiary alicyclic amines) is 1. The van der Waals surface area contributed by atoms with E-state index in [-0.39, 0.29) is 5.60 Å². The topological polar surface area (TPSA) is 59.5 Å². The van der Waals surface area contributed by atoms with Gasteiger partial charge in [-0.15, -0.1) is 0 Å². The lowest BCUT2D eigenvalue weighted by Crippen LogP contribution is -2.49. The van der Waals surface area contributed by atoms with E-state index in [1.807, 2.05) is 6.07 Å². The highest BCUT2D eigenvalue weighted by molar-refractivity contribution is 5.25. The molecule has 1 aromatic heterocycles. The highest BCUT2D eigenvalue weighted by atomic mass is 16.5. The molecule has 3 aliphatic rings. The van der Waals surface area contributed by atoms with E-state index < -0.39 is 0 Å². The van der Waals surface area contributed by atoms with E-state index in [0.717, 1.165) is 38.7 Å². The van der Waals surface area contributed by atoms with E-state index >= 15 is 0 Å². The summed E-state index contributed by atoms with van der Waals surface area (Å²) in [4.78, 5) is 11.2. The molecule has 1 N–H and O–H groups in total. The van der Waals surface area contributed by atoms with Crippen LogP contribution in [0.5, 0.6) is 0 Å². The summed E-state index contributed by atoms with van der Waals surface area (Å²) < 4.78 is 11.8. The van der Waals surface area contributed by atoms with E-state index in [2.05, 4.69) is 20.2 Å². The molecule has 1 spiro atoms. The Morgan fingerprint density at radius 3 is 2.92 bits per heavy atom. The van der Waals surface area contributed by atoms with Gasteiger partial charge in [0.05, 0.1) is 18.2 Å². The maximum Gasteiger partial charge on any atom is 0.222 e. The molecule has 1 aromatic rings. The molecule has 132 valence electrons. The fourth-order valence-corrected chi connectivity index (χ4v) is 4.42.